The van der Waals surface area contributed by atoms with E-state index < -0.39 is 0 Å². The summed E-state index contributed by atoms with van der Waals surface area (Å²) in [6.45, 7) is 0. The Hall–Kier alpha value is -2.40. The van der Waals surface area contributed by atoms with Gasteiger partial charge < -0.3 is 9.73 Å². The van der Waals surface area contributed by atoms with Crippen molar-refractivity contribution in [3.63, 3.8) is 0 Å². The van der Waals surface area contributed by atoms with E-state index in [-0.39, 0.29) is 11.9 Å². The second kappa shape index (κ2) is 6.61. The van der Waals surface area contributed by atoms with Gasteiger partial charge in [-0.25, -0.2) is 4.98 Å². The van der Waals surface area contributed by atoms with E-state index in [9.17, 15) is 4.79 Å². The number of rotatable bonds is 4. The van der Waals surface area contributed by atoms with Gasteiger partial charge in [0.1, 0.15) is 11.5 Å². The fourth-order valence-electron chi connectivity index (χ4n) is 3.14. The van der Waals surface area contributed by atoms with Gasteiger partial charge in [0.05, 0.1) is 17.3 Å². The zero-order chi connectivity index (χ0) is 16.4. The zero-order valence-corrected chi connectivity index (χ0v) is 14.0. The Morgan fingerprint density at radius 1 is 1.29 bits per heavy atom. The fraction of sp³-hybridized carbons (Fsp3) is 0.263. The number of carbonyl (C=O) groups excluding carboxylic acids is 1. The van der Waals surface area contributed by atoms with Crippen molar-refractivity contribution in [3.8, 4) is 0 Å². The van der Waals surface area contributed by atoms with E-state index >= 15 is 0 Å². The highest BCUT2D eigenvalue weighted by Gasteiger charge is 2.25. The summed E-state index contributed by atoms with van der Waals surface area (Å²) in [5.74, 6) is 0.888. The van der Waals surface area contributed by atoms with E-state index in [1.807, 2.05) is 29.6 Å². The molecule has 2 aromatic heterocycles. The summed E-state index contributed by atoms with van der Waals surface area (Å²) in [4.78, 5) is 17.0. The van der Waals surface area contributed by atoms with Crippen molar-refractivity contribution in [2.45, 2.75) is 31.7 Å². The van der Waals surface area contributed by atoms with E-state index in [0.717, 1.165) is 42.0 Å². The average Bonchev–Trinajstić information content (AvgIpc) is 3.25. The minimum Gasteiger partial charge on any atom is -0.469 e. The third kappa shape index (κ3) is 3.12. The number of aryl methyl sites for hydroxylation is 1. The number of aromatic nitrogens is 1. The van der Waals surface area contributed by atoms with Crippen LogP contribution in [0.15, 0.2) is 52.5 Å². The van der Waals surface area contributed by atoms with Gasteiger partial charge in [-0.2, -0.15) is 0 Å². The Morgan fingerprint density at radius 3 is 3.04 bits per heavy atom. The Bertz CT molecular complexity index is 838. The second-order valence-electron chi connectivity index (χ2n) is 6.01. The topological polar surface area (TPSA) is 55.1 Å². The highest BCUT2D eigenvalue weighted by Crippen LogP contribution is 2.30. The number of hydrogen-bond acceptors (Lipinski definition) is 4. The first kappa shape index (κ1) is 15.1. The lowest BCUT2D eigenvalue weighted by molar-refractivity contribution is 0.0927. The summed E-state index contributed by atoms with van der Waals surface area (Å²) in [6.07, 6.45) is 5.39. The number of amides is 1. The maximum absolute atomic E-state index is 12.5. The molecule has 0 aliphatic heterocycles. The molecule has 122 valence electrons. The normalized spacial score (nSPS) is 16.6. The number of hydrogen-bond donors (Lipinski definition) is 1. The van der Waals surface area contributed by atoms with Crippen LogP contribution in [0.25, 0.3) is 0 Å². The van der Waals surface area contributed by atoms with E-state index in [1.54, 1.807) is 6.26 Å². The van der Waals surface area contributed by atoms with Gasteiger partial charge in [-0.15, -0.1) is 11.3 Å². The number of thiazole rings is 1. The van der Waals surface area contributed by atoms with Gasteiger partial charge in [0.15, 0.2) is 0 Å². The van der Waals surface area contributed by atoms with Crippen molar-refractivity contribution >= 4 is 17.2 Å². The predicted octanol–water partition coefficient (Wildman–Crippen LogP) is 4.13. The molecule has 2 heterocycles. The molecule has 0 radical (unpaired) electrons. The minimum absolute atomic E-state index is 0.0271. The first-order valence-electron chi connectivity index (χ1n) is 8.15. The Kier molecular flexibility index (Phi) is 4.17. The summed E-state index contributed by atoms with van der Waals surface area (Å²) in [5, 5.41) is 5.90. The Labute approximate surface area is 144 Å². The molecule has 0 saturated carbocycles. The second-order valence-corrected chi connectivity index (χ2v) is 6.95. The number of fused-ring (bicyclic) bond motifs is 1. The van der Waals surface area contributed by atoms with Crippen LogP contribution in [-0.2, 0) is 12.8 Å². The number of nitrogens with one attached hydrogen (secondary N) is 1. The van der Waals surface area contributed by atoms with Crippen LogP contribution in [0.1, 0.15) is 51.3 Å². The standard InChI is InChI=1S/C19H18N2O2S/c22-19(21-15-7-4-8-17-14(15)9-10-23-17)16-12-24-18(20-16)11-13-5-2-1-3-6-13/h1-3,5-6,9-10,12,15H,4,7-8,11H2,(H,21,22). The first-order chi connectivity index (χ1) is 11.8. The number of nitrogens with zero attached hydrogens (tertiary/aromatic N) is 1. The van der Waals surface area contributed by atoms with Crippen LogP contribution < -0.4 is 5.32 Å². The molecule has 3 aromatic rings. The molecule has 4 rings (SSSR count). The van der Waals surface area contributed by atoms with E-state index in [0.29, 0.717) is 5.69 Å². The van der Waals surface area contributed by atoms with Crippen molar-refractivity contribution in [1.29, 1.82) is 0 Å². The summed E-state index contributed by atoms with van der Waals surface area (Å²) in [6, 6.07) is 12.2. The smallest absolute Gasteiger partial charge is 0.271 e. The van der Waals surface area contributed by atoms with E-state index in [1.165, 1.54) is 16.9 Å². The van der Waals surface area contributed by atoms with Gasteiger partial charge >= 0.3 is 0 Å². The lowest BCUT2D eigenvalue weighted by Crippen LogP contribution is -2.30. The van der Waals surface area contributed by atoms with Crippen LogP contribution in [0.2, 0.25) is 0 Å². The van der Waals surface area contributed by atoms with Crippen LogP contribution in [-0.4, -0.2) is 10.9 Å². The largest absolute Gasteiger partial charge is 0.469 e. The molecule has 1 aromatic carbocycles. The lowest BCUT2D eigenvalue weighted by atomic mass is 9.93. The maximum Gasteiger partial charge on any atom is 0.271 e. The molecule has 0 spiro atoms. The quantitative estimate of drug-likeness (QED) is 0.778. The third-order valence-corrected chi connectivity index (χ3v) is 5.19. The highest BCUT2D eigenvalue weighted by atomic mass is 32.1. The van der Waals surface area contributed by atoms with E-state index in [4.69, 9.17) is 4.42 Å². The Morgan fingerprint density at radius 2 is 2.17 bits per heavy atom. The fourth-order valence-corrected chi connectivity index (χ4v) is 3.94. The third-order valence-electron chi connectivity index (χ3n) is 4.34. The van der Waals surface area contributed by atoms with Gasteiger partial charge in [-0.05, 0) is 24.5 Å². The monoisotopic (exact) mass is 338 g/mol. The molecule has 1 amide bonds. The van der Waals surface area contributed by atoms with Crippen LogP contribution in [0.4, 0.5) is 0 Å². The number of furan rings is 1. The van der Waals surface area contributed by atoms with Gasteiger partial charge in [-0.1, -0.05) is 30.3 Å². The maximum atomic E-state index is 12.5. The van der Waals surface area contributed by atoms with Crippen molar-refractivity contribution < 1.29 is 9.21 Å². The van der Waals surface area contributed by atoms with Crippen molar-refractivity contribution in [1.82, 2.24) is 10.3 Å². The molecule has 0 fully saturated rings. The molecule has 1 aliphatic carbocycles. The first-order valence-corrected chi connectivity index (χ1v) is 9.03. The van der Waals surface area contributed by atoms with Crippen LogP contribution in [0, 0.1) is 0 Å². The molecule has 0 bridgehead atoms. The molecule has 4 nitrogen and oxygen atoms in total. The summed E-state index contributed by atoms with van der Waals surface area (Å²) in [5.41, 5.74) is 2.81. The zero-order valence-electron chi connectivity index (χ0n) is 13.2. The van der Waals surface area contributed by atoms with Crippen molar-refractivity contribution in [3.05, 3.63) is 75.6 Å². The van der Waals surface area contributed by atoms with E-state index in [2.05, 4.69) is 22.4 Å². The minimum atomic E-state index is -0.107. The number of benzene rings is 1. The van der Waals surface area contributed by atoms with Crippen molar-refractivity contribution in [2.24, 2.45) is 0 Å². The molecule has 1 N–H and O–H groups in total. The van der Waals surface area contributed by atoms with Gasteiger partial charge in [-0.3, -0.25) is 4.79 Å². The SMILES string of the molecule is O=C(NC1CCCc2occc21)c1csc(Cc2ccccc2)n1. The lowest BCUT2D eigenvalue weighted by Gasteiger charge is -2.22. The summed E-state index contributed by atoms with van der Waals surface area (Å²) >= 11 is 1.53. The van der Waals surface area contributed by atoms with Crippen LogP contribution in [0.5, 0.6) is 0 Å². The van der Waals surface area contributed by atoms with Crippen LogP contribution >= 0.6 is 11.3 Å². The average molecular weight is 338 g/mol. The van der Waals surface area contributed by atoms with Gasteiger partial charge in [0.2, 0.25) is 0 Å². The molecule has 5 heteroatoms. The molecule has 1 aliphatic rings. The van der Waals surface area contributed by atoms with Crippen LogP contribution in [0.3, 0.4) is 0 Å². The van der Waals surface area contributed by atoms with Gasteiger partial charge in [0, 0.05) is 23.8 Å². The summed E-state index contributed by atoms with van der Waals surface area (Å²) in [7, 11) is 0. The predicted molar refractivity (Wildman–Crippen MR) is 93.2 cm³/mol. The molecular formula is C19H18N2O2S. The summed E-state index contributed by atoms with van der Waals surface area (Å²) < 4.78 is 5.48. The number of carbonyl (C=O) groups is 1. The molecule has 0 saturated heterocycles. The highest BCUT2D eigenvalue weighted by molar-refractivity contribution is 7.09. The van der Waals surface area contributed by atoms with Gasteiger partial charge in [0.25, 0.3) is 5.91 Å². The molecule has 1 unspecified atom stereocenters. The van der Waals surface area contributed by atoms with Crippen molar-refractivity contribution in [2.75, 3.05) is 0 Å². The molecular weight excluding hydrogens is 320 g/mol. The Balaban J connectivity index is 1.45. The molecule has 1 atom stereocenters. The molecule has 24 heavy (non-hydrogen) atoms.